The van der Waals surface area contributed by atoms with Gasteiger partial charge in [-0.05, 0) is 17.8 Å². The Morgan fingerprint density at radius 3 is 3.00 bits per heavy atom. The fourth-order valence-electron chi connectivity index (χ4n) is 1.52. The number of nitrogens with zero attached hydrogens (tertiary/aromatic N) is 3. The first-order valence-corrected chi connectivity index (χ1v) is 6.78. The molecule has 1 aromatic heterocycles. The molecule has 0 N–H and O–H groups in total. The largest absolute Gasteiger partial charge is 0.271 e. The molecular weight excluding hydrogens is 238 g/mol. The molecule has 0 aliphatic carbocycles. The van der Waals surface area contributed by atoms with Crippen LogP contribution >= 0.6 is 23.5 Å². The minimum atomic E-state index is 0.927. The molecule has 0 unspecified atom stereocenters. The number of thioether (sulfide) groups is 2. The average molecular weight is 247 g/mol. The SMILES string of the molecule is c1ccc2c(SC3=NCCS3)ncnc2c1. The monoisotopic (exact) mass is 247 g/mol. The summed E-state index contributed by atoms with van der Waals surface area (Å²) in [5.74, 6) is 1.09. The first kappa shape index (κ1) is 10.1. The van der Waals surface area contributed by atoms with Crippen molar-refractivity contribution in [2.45, 2.75) is 5.03 Å². The Morgan fingerprint density at radius 1 is 1.19 bits per heavy atom. The van der Waals surface area contributed by atoms with Gasteiger partial charge in [-0.1, -0.05) is 30.0 Å². The second kappa shape index (κ2) is 4.43. The van der Waals surface area contributed by atoms with E-state index in [0.717, 1.165) is 32.6 Å². The van der Waals surface area contributed by atoms with Crippen molar-refractivity contribution in [1.82, 2.24) is 9.97 Å². The number of para-hydroxylation sites is 1. The number of rotatable bonds is 1. The van der Waals surface area contributed by atoms with E-state index in [0.29, 0.717) is 0 Å². The number of aromatic nitrogens is 2. The summed E-state index contributed by atoms with van der Waals surface area (Å²) in [6.07, 6.45) is 1.62. The summed E-state index contributed by atoms with van der Waals surface area (Å²) in [5.41, 5.74) is 0.989. The summed E-state index contributed by atoms with van der Waals surface area (Å²) >= 11 is 3.44. The van der Waals surface area contributed by atoms with Crippen molar-refractivity contribution in [3.05, 3.63) is 30.6 Å². The fraction of sp³-hybridized carbons (Fsp3) is 0.182. The molecule has 5 heteroatoms. The van der Waals surface area contributed by atoms with E-state index >= 15 is 0 Å². The van der Waals surface area contributed by atoms with E-state index in [9.17, 15) is 0 Å². The summed E-state index contributed by atoms with van der Waals surface area (Å²) in [5, 5.41) is 2.10. The van der Waals surface area contributed by atoms with Gasteiger partial charge >= 0.3 is 0 Å². The molecule has 80 valence electrons. The highest BCUT2D eigenvalue weighted by Crippen LogP contribution is 2.31. The third-order valence-corrected chi connectivity index (χ3v) is 4.44. The highest BCUT2D eigenvalue weighted by Gasteiger charge is 2.11. The first-order valence-electron chi connectivity index (χ1n) is 4.98. The van der Waals surface area contributed by atoms with Crippen LogP contribution in [-0.4, -0.2) is 26.6 Å². The van der Waals surface area contributed by atoms with Crippen LogP contribution in [0.15, 0.2) is 40.6 Å². The molecule has 0 fully saturated rings. The van der Waals surface area contributed by atoms with Gasteiger partial charge in [0.15, 0.2) is 0 Å². The summed E-state index contributed by atoms with van der Waals surface area (Å²) < 4.78 is 1.11. The third-order valence-electron chi connectivity index (χ3n) is 2.25. The first-order chi connectivity index (χ1) is 7.93. The average Bonchev–Trinajstić information content (AvgIpc) is 2.82. The van der Waals surface area contributed by atoms with Crippen molar-refractivity contribution in [1.29, 1.82) is 0 Å². The predicted octanol–water partition coefficient (Wildman–Crippen LogP) is 2.82. The summed E-state index contributed by atoms with van der Waals surface area (Å²) in [7, 11) is 0. The molecule has 2 heterocycles. The molecule has 16 heavy (non-hydrogen) atoms. The Kier molecular flexibility index (Phi) is 2.80. The van der Waals surface area contributed by atoms with Crippen molar-refractivity contribution < 1.29 is 0 Å². The van der Waals surface area contributed by atoms with Crippen molar-refractivity contribution >= 4 is 38.8 Å². The van der Waals surface area contributed by atoms with Gasteiger partial charge in [-0.2, -0.15) is 0 Å². The molecular formula is C11H9N3S2. The number of aliphatic imine (C=N–C) groups is 1. The Labute approximate surface area is 102 Å². The lowest BCUT2D eigenvalue weighted by Crippen LogP contribution is -1.88. The van der Waals surface area contributed by atoms with E-state index in [2.05, 4.69) is 21.0 Å². The molecule has 0 spiro atoms. The maximum atomic E-state index is 4.42. The highest BCUT2D eigenvalue weighted by atomic mass is 32.2. The van der Waals surface area contributed by atoms with Crippen molar-refractivity contribution in [2.75, 3.05) is 12.3 Å². The number of hydrogen-bond donors (Lipinski definition) is 0. The van der Waals surface area contributed by atoms with Crippen LogP contribution in [0.5, 0.6) is 0 Å². The lowest BCUT2D eigenvalue weighted by Gasteiger charge is -2.03. The zero-order valence-electron chi connectivity index (χ0n) is 8.46. The second-order valence-corrected chi connectivity index (χ2v) is 5.61. The van der Waals surface area contributed by atoms with Crippen molar-refractivity contribution in [3.63, 3.8) is 0 Å². The minimum Gasteiger partial charge on any atom is -0.271 e. The third kappa shape index (κ3) is 1.92. The van der Waals surface area contributed by atoms with Gasteiger partial charge in [-0.3, -0.25) is 4.99 Å². The molecule has 0 saturated heterocycles. The maximum Gasteiger partial charge on any atom is 0.131 e. The standard InChI is InChI=1S/C11H9N3S2/c1-2-4-9-8(3-1)10(14-7-13-9)16-11-12-5-6-15-11/h1-4,7H,5-6H2. The fourth-order valence-corrected chi connectivity index (χ4v) is 3.49. The van der Waals surface area contributed by atoms with E-state index in [1.807, 2.05) is 18.2 Å². The van der Waals surface area contributed by atoms with Crippen LogP contribution in [-0.2, 0) is 0 Å². The minimum absolute atomic E-state index is 0.927. The van der Waals surface area contributed by atoms with Crippen LogP contribution < -0.4 is 0 Å². The lowest BCUT2D eigenvalue weighted by atomic mass is 10.2. The van der Waals surface area contributed by atoms with Crippen molar-refractivity contribution in [2.24, 2.45) is 4.99 Å². The van der Waals surface area contributed by atoms with Gasteiger partial charge in [0.05, 0.1) is 12.1 Å². The molecule has 3 rings (SSSR count). The maximum absolute atomic E-state index is 4.42. The predicted molar refractivity (Wildman–Crippen MR) is 70.2 cm³/mol. The molecule has 1 aliphatic rings. The van der Waals surface area contributed by atoms with Crippen LogP contribution in [0.3, 0.4) is 0 Å². The molecule has 0 amide bonds. The van der Waals surface area contributed by atoms with Gasteiger partial charge in [0.25, 0.3) is 0 Å². The number of benzene rings is 1. The van der Waals surface area contributed by atoms with Crippen LogP contribution in [0.2, 0.25) is 0 Å². The van der Waals surface area contributed by atoms with E-state index in [1.54, 1.807) is 29.9 Å². The lowest BCUT2D eigenvalue weighted by molar-refractivity contribution is 1.10. The Bertz CT molecular complexity index is 548. The zero-order chi connectivity index (χ0) is 10.8. The topological polar surface area (TPSA) is 38.1 Å². The van der Waals surface area contributed by atoms with E-state index in [1.165, 1.54) is 0 Å². The summed E-state index contributed by atoms with van der Waals surface area (Å²) in [6, 6.07) is 8.06. The smallest absolute Gasteiger partial charge is 0.131 e. The summed E-state index contributed by atoms with van der Waals surface area (Å²) in [4.78, 5) is 13.0. The van der Waals surface area contributed by atoms with E-state index in [4.69, 9.17) is 0 Å². The van der Waals surface area contributed by atoms with E-state index < -0.39 is 0 Å². The number of hydrogen-bond acceptors (Lipinski definition) is 5. The molecule has 1 aliphatic heterocycles. The van der Waals surface area contributed by atoms with Gasteiger partial charge < -0.3 is 0 Å². The highest BCUT2D eigenvalue weighted by molar-refractivity contribution is 8.39. The Morgan fingerprint density at radius 2 is 2.12 bits per heavy atom. The molecule has 0 saturated carbocycles. The van der Waals surface area contributed by atoms with Gasteiger partial charge in [-0.15, -0.1) is 0 Å². The normalized spacial score (nSPS) is 15.4. The summed E-state index contributed by atoms with van der Waals surface area (Å²) in [6.45, 7) is 0.927. The molecule has 0 bridgehead atoms. The van der Waals surface area contributed by atoms with Gasteiger partial charge in [-0.25, -0.2) is 9.97 Å². The van der Waals surface area contributed by atoms with Crippen LogP contribution in [0.25, 0.3) is 10.9 Å². The van der Waals surface area contributed by atoms with Crippen molar-refractivity contribution in [3.8, 4) is 0 Å². The second-order valence-electron chi connectivity index (χ2n) is 3.29. The molecule has 1 aromatic carbocycles. The van der Waals surface area contributed by atoms with Gasteiger partial charge in [0, 0.05) is 11.1 Å². The van der Waals surface area contributed by atoms with Crippen LogP contribution in [0.1, 0.15) is 0 Å². The Balaban J connectivity index is 2.02. The molecule has 3 nitrogen and oxygen atoms in total. The Hall–Kier alpha value is -1.07. The van der Waals surface area contributed by atoms with Gasteiger partial charge in [0.1, 0.15) is 15.7 Å². The van der Waals surface area contributed by atoms with Gasteiger partial charge in [0.2, 0.25) is 0 Å². The van der Waals surface area contributed by atoms with E-state index in [-0.39, 0.29) is 0 Å². The molecule has 0 atom stereocenters. The molecule has 2 aromatic rings. The van der Waals surface area contributed by atoms with Crippen LogP contribution in [0.4, 0.5) is 0 Å². The quantitative estimate of drug-likeness (QED) is 0.726. The molecule has 0 radical (unpaired) electrons. The zero-order valence-corrected chi connectivity index (χ0v) is 10.1. The number of fused-ring (bicyclic) bond motifs is 1. The van der Waals surface area contributed by atoms with Crippen LogP contribution in [0, 0.1) is 0 Å².